The van der Waals surface area contributed by atoms with Gasteiger partial charge in [0.1, 0.15) is 5.82 Å². The first kappa shape index (κ1) is 18.8. The van der Waals surface area contributed by atoms with E-state index in [1.165, 1.54) is 17.0 Å². The molecule has 1 aliphatic heterocycles. The largest absolute Gasteiger partial charge is 0.503 e. The maximum atomic E-state index is 13.4. The van der Waals surface area contributed by atoms with E-state index >= 15 is 0 Å². The number of benzene rings is 2. The van der Waals surface area contributed by atoms with Gasteiger partial charge in [-0.25, -0.2) is 4.39 Å². The van der Waals surface area contributed by atoms with E-state index in [2.05, 4.69) is 0 Å². The normalized spacial score (nSPS) is 17.1. The number of Topliss-reactive ketones (excluding diaryl/α,β-unsaturated/α-hetero) is 1. The predicted molar refractivity (Wildman–Crippen MR) is 102 cm³/mol. The summed E-state index contributed by atoms with van der Waals surface area (Å²) in [7, 11) is 0. The second-order valence-corrected chi connectivity index (χ2v) is 7.20. The van der Waals surface area contributed by atoms with E-state index < -0.39 is 23.5 Å². The zero-order chi connectivity index (χ0) is 19.7. The maximum absolute atomic E-state index is 13.4. The number of hydrogen-bond acceptors (Lipinski definition) is 3. The summed E-state index contributed by atoms with van der Waals surface area (Å²) in [4.78, 5) is 27.2. The number of carbonyl (C=O) groups excluding carboxylic acids is 2. The van der Waals surface area contributed by atoms with Gasteiger partial charge in [0.25, 0.3) is 5.91 Å². The van der Waals surface area contributed by atoms with Crippen LogP contribution < -0.4 is 4.90 Å². The number of carbonyl (C=O) groups is 2. The van der Waals surface area contributed by atoms with Gasteiger partial charge in [0, 0.05) is 12.1 Å². The fourth-order valence-corrected chi connectivity index (χ4v) is 3.41. The first-order valence-corrected chi connectivity index (χ1v) is 8.92. The molecule has 1 atom stereocenters. The summed E-state index contributed by atoms with van der Waals surface area (Å²) in [5, 5.41) is 10.5. The molecule has 0 spiro atoms. The Balaban J connectivity index is 2.17. The summed E-state index contributed by atoms with van der Waals surface area (Å²) >= 11 is 0. The van der Waals surface area contributed by atoms with Crippen molar-refractivity contribution in [1.82, 2.24) is 0 Å². The Bertz CT molecular complexity index is 915. The number of anilines is 1. The van der Waals surface area contributed by atoms with E-state index in [0.29, 0.717) is 11.3 Å². The van der Waals surface area contributed by atoms with Crippen molar-refractivity contribution in [1.29, 1.82) is 0 Å². The molecule has 0 saturated carbocycles. The molecule has 27 heavy (non-hydrogen) atoms. The summed E-state index contributed by atoms with van der Waals surface area (Å²) in [5.41, 5.74) is 2.09. The van der Waals surface area contributed by atoms with Crippen LogP contribution in [0.25, 0.3) is 0 Å². The van der Waals surface area contributed by atoms with Gasteiger partial charge in [-0.15, -0.1) is 0 Å². The summed E-state index contributed by atoms with van der Waals surface area (Å²) in [6, 6.07) is 12.1. The minimum absolute atomic E-state index is 0.0727. The summed E-state index contributed by atoms with van der Waals surface area (Å²) < 4.78 is 13.4. The van der Waals surface area contributed by atoms with Crippen LogP contribution in [0.1, 0.15) is 37.4 Å². The van der Waals surface area contributed by atoms with E-state index in [9.17, 15) is 19.1 Å². The van der Waals surface area contributed by atoms with Gasteiger partial charge in [0.05, 0.1) is 11.6 Å². The molecule has 4 nitrogen and oxygen atoms in total. The number of rotatable bonds is 5. The van der Waals surface area contributed by atoms with Crippen molar-refractivity contribution in [3.8, 4) is 0 Å². The van der Waals surface area contributed by atoms with Crippen LogP contribution in [-0.4, -0.2) is 16.8 Å². The van der Waals surface area contributed by atoms with Gasteiger partial charge in [-0.1, -0.05) is 44.2 Å². The third-order valence-corrected chi connectivity index (χ3v) is 4.66. The number of aliphatic hydroxyl groups excluding tert-OH is 1. The minimum atomic E-state index is -0.787. The van der Waals surface area contributed by atoms with Crippen LogP contribution in [0, 0.1) is 18.7 Å². The molecule has 0 aromatic heterocycles. The quantitative estimate of drug-likeness (QED) is 0.837. The second kappa shape index (κ2) is 7.35. The first-order valence-electron chi connectivity index (χ1n) is 8.92. The monoisotopic (exact) mass is 367 g/mol. The molecule has 2 aromatic rings. The lowest BCUT2D eigenvalue weighted by Gasteiger charge is -2.28. The molecule has 1 heterocycles. The minimum Gasteiger partial charge on any atom is -0.503 e. The predicted octanol–water partition coefficient (Wildman–Crippen LogP) is 4.65. The van der Waals surface area contributed by atoms with Crippen LogP contribution in [0.3, 0.4) is 0 Å². The second-order valence-electron chi connectivity index (χ2n) is 7.20. The van der Waals surface area contributed by atoms with Crippen LogP contribution in [0.15, 0.2) is 59.9 Å². The van der Waals surface area contributed by atoms with Crippen LogP contribution in [0.5, 0.6) is 0 Å². The van der Waals surface area contributed by atoms with Crippen molar-refractivity contribution in [2.24, 2.45) is 5.92 Å². The molecule has 0 bridgehead atoms. The fraction of sp³-hybridized carbons (Fsp3) is 0.273. The van der Waals surface area contributed by atoms with Crippen LogP contribution in [-0.2, 0) is 9.59 Å². The third kappa shape index (κ3) is 3.50. The molecule has 140 valence electrons. The van der Waals surface area contributed by atoms with Gasteiger partial charge in [0.15, 0.2) is 11.5 Å². The Morgan fingerprint density at radius 2 is 1.78 bits per heavy atom. The van der Waals surface area contributed by atoms with Gasteiger partial charge in [0.2, 0.25) is 0 Å². The summed E-state index contributed by atoms with van der Waals surface area (Å²) in [5.74, 6) is -1.76. The smallest absolute Gasteiger partial charge is 0.294 e. The number of aliphatic hydroxyl groups is 1. The van der Waals surface area contributed by atoms with E-state index in [0.717, 1.165) is 5.56 Å². The standard InChI is InChI=1S/C22H22FNO3/c1-13(2)12-18(25)19-20(15-8-10-16(23)11-9-15)24(22(27)21(19)26)17-7-5-4-6-14(17)3/h4-11,13,20,26H,12H2,1-3H3. The number of aryl methyl sites for hydroxylation is 1. The lowest BCUT2D eigenvalue weighted by Crippen LogP contribution is -2.31. The number of nitrogens with zero attached hydrogens (tertiary/aromatic N) is 1. The van der Waals surface area contributed by atoms with Crippen LogP contribution >= 0.6 is 0 Å². The average Bonchev–Trinajstić information content (AvgIpc) is 2.87. The van der Waals surface area contributed by atoms with E-state index in [4.69, 9.17) is 0 Å². The number of ketones is 1. The molecule has 5 heteroatoms. The Morgan fingerprint density at radius 1 is 1.15 bits per heavy atom. The number of halogens is 1. The molecule has 1 unspecified atom stereocenters. The summed E-state index contributed by atoms with van der Waals surface area (Å²) in [6.45, 7) is 5.66. The molecule has 0 aliphatic carbocycles. The molecule has 0 fully saturated rings. The molecule has 1 aliphatic rings. The number of amides is 1. The van der Waals surface area contributed by atoms with Gasteiger partial charge >= 0.3 is 0 Å². The summed E-state index contributed by atoms with van der Waals surface area (Å²) in [6.07, 6.45) is 0.214. The highest BCUT2D eigenvalue weighted by Gasteiger charge is 2.44. The molecular formula is C22H22FNO3. The molecule has 1 N–H and O–H groups in total. The number of hydrogen-bond donors (Lipinski definition) is 1. The molecule has 3 rings (SSSR count). The van der Waals surface area contributed by atoms with Gasteiger partial charge < -0.3 is 5.11 Å². The molecular weight excluding hydrogens is 345 g/mol. The Morgan fingerprint density at radius 3 is 2.37 bits per heavy atom. The molecule has 0 radical (unpaired) electrons. The van der Waals surface area contributed by atoms with Crippen molar-refractivity contribution in [3.05, 3.63) is 76.8 Å². The SMILES string of the molecule is Cc1ccccc1N1C(=O)C(O)=C(C(=O)CC(C)C)C1c1ccc(F)cc1. The highest BCUT2D eigenvalue weighted by atomic mass is 19.1. The zero-order valence-electron chi connectivity index (χ0n) is 15.6. The molecule has 0 saturated heterocycles. The van der Waals surface area contributed by atoms with Gasteiger partial charge in [-0.3, -0.25) is 14.5 Å². The highest BCUT2D eigenvalue weighted by Crippen LogP contribution is 2.42. The topological polar surface area (TPSA) is 57.6 Å². The third-order valence-electron chi connectivity index (χ3n) is 4.66. The molecule has 2 aromatic carbocycles. The Kier molecular flexibility index (Phi) is 5.13. The van der Waals surface area contributed by atoms with Gasteiger partial charge in [-0.2, -0.15) is 0 Å². The van der Waals surface area contributed by atoms with Crippen LogP contribution in [0.4, 0.5) is 10.1 Å². The van der Waals surface area contributed by atoms with Crippen molar-refractivity contribution in [3.63, 3.8) is 0 Å². The Labute approximate surface area is 157 Å². The highest BCUT2D eigenvalue weighted by molar-refractivity contribution is 6.16. The van der Waals surface area contributed by atoms with E-state index in [1.54, 1.807) is 24.3 Å². The van der Waals surface area contributed by atoms with Crippen LogP contribution in [0.2, 0.25) is 0 Å². The lowest BCUT2D eigenvalue weighted by atomic mass is 9.92. The van der Waals surface area contributed by atoms with E-state index in [-0.39, 0.29) is 23.7 Å². The van der Waals surface area contributed by atoms with Crippen molar-refractivity contribution in [2.75, 3.05) is 4.90 Å². The molecule has 1 amide bonds. The van der Waals surface area contributed by atoms with Gasteiger partial charge in [-0.05, 0) is 42.2 Å². The fourth-order valence-electron chi connectivity index (χ4n) is 3.41. The Hall–Kier alpha value is -2.95. The maximum Gasteiger partial charge on any atom is 0.294 e. The lowest BCUT2D eigenvalue weighted by molar-refractivity contribution is -0.118. The van der Waals surface area contributed by atoms with Crippen molar-refractivity contribution in [2.45, 2.75) is 33.2 Å². The van der Waals surface area contributed by atoms with Crippen molar-refractivity contribution < 1.29 is 19.1 Å². The zero-order valence-corrected chi connectivity index (χ0v) is 15.6. The van der Waals surface area contributed by atoms with Crippen molar-refractivity contribution >= 4 is 17.4 Å². The average molecular weight is 367 g/mol. The number of para-hydroxylation sites is 1. The first-order chi connectivity index (χ1) is 12.8. The van der Waals surface area contributed by atoms with E-state index in [1.807, 2.05) is 32.9 Å².